The number of hydrogen-bond acceptors (Lipinski definition) is 3. The Bertz CT molecular complexity index is 322. The SMILES string of the molecule is CCC/C=C/CC(O)C[N+](CCC)(CCC)C(CC)C(=O)[O-]. The summed E-state index contributed by atoms with van der Waals surface area (Å²) < 4.78 is 0.439. The van der Waals surface area contributed by atoms with E-state index in [4.69, 9.17) is 0 Å². The van der Waals surface area contributed by atoms with Gasteiger partial charge < -0.3 is 19.5 Å². The highest BCUT2D eigenvalue weighted by atomic mass is 16.4. The summed E-state index contributed by atoms with van der Waals surface area (Å²) in [5, 5.41) is 22.0. The summed E-state index contributed by atoms with van der Waals surface area (Å²) in [5.74, 6) is -0.988. The van der Waals surface area contributed by atoms with Crippen molar-refractivity contribution in [2.24, 2.45) is 0 Å². The molecule has 0 aromatic heterocycles. The molecule has 0 amide bonds. The van der Waals surface area contributed by atoms with E-state index in [9.17, 15) is 15.0 Å². The van der Waals surface area contributed by atoms with Gasteiger partial charge in [-0.25, -0.2) is 0 Å². The molecule has 130 valence electrons. The maximum Gasteiger partial charge on any atom is 0.129 e. The standard InChI is InChI=1S/C18H35NO3/c1-5-9-10-11-12-16(20)15-19(13-6-2,14-7-3)17(8-4)18(21)22/h10-11,16-17,20H,5-9,12-15H2,1-4H3/b11-10+. The Balaban J connectivity index is 5.07. The number of quaternary nitrogens is 1. The lowest BCUT2D eigenvalue weighted by Crippen LogP contribution is -2.64. The van der Waals surface area contributed by atoms with Crippen LogP contribution in [-0.4, -0.2) is 47.3 Å². The van der Waals surface area contributed by atoms with Gasteiger partial charge in [-0.1, -0.05) is 46.3 Å². The summed E-state index contributed by atoms with van der Waals surface area (Å²) in [7, 11) is 0. The molecule has 1 N–H and O–H groups in total. The molecular formula is C18H35NO3. The lowest BCUT2D eigenvalue weighted by Gasteiger charge is -2.46. The van der Waals surface area contributed by atoms with E-state index in [1.807, 2.05) is 13.0 Å². The molecule has 0 aliphatic carbocycles. The van der Waals surface area contributed by atoms with Crippen molar-refractivity contribution in [3.05, 3.63) is 12.2 Å². The summed E-state index contributed by atoms with van der Waals surface area (Å²) in [6, 6.07) is -0.533. The van der Waals surface area contributed by atoms with Crippen LogP contribution in [0.5, 0.6) is 0 Å². The van der Waals surface area contributed by atoms with Crippen LogP contribution in [-0.2, 0) is 4.79 Å². The largest absolute Gasteiger partial charge is 0.544 e. The van der Waals surface area contributed by atoms with E-state index in [1.165, 1.54) is 0 Å². The molecule has 0 aliphatic rings. The predicted octanol–water partition coefficient (Wildman–Crippen LogP) is 2.26. The van der Waals surface area contributed by atoms with E-state index in [0.29, 0.717) is 23.9 Å². The van der Waals surface area contributed by atoms with Crippen molar-refractivity contribution in [1.29, 1.82) is 0 Å². The first-order chi connectivity index (χ1) is 10.5. The van der Waals surface area contributed by atoms with Crippen molar-refractivity contribution in [3.8, 4) is 0 Å². The molecule has 0 spiro atoms. The lowest BCUT2D eigenvalue weighted by molar-refractivity contribution is -0.947. The third-order valence-corrected chi connectivity index (χ3v) is 4.26. The molecule has 0 saturated heterocycles. The summed E-state index contributed by atoms with van der Waals surface area (Å²) in [6.45, 7) is 10.2. The second kappa shape index (κ2) is 11.7. The second-order valence-electron chi connectivity index (χ2n) is 6.24. The maximum absolute atomic E-state index is 11.6. The van der Waals surface area contributed by atoms with Gasteiger partial charge >= 0.3 is 0 Å². The average Bonchev–Trinajstić information content (AvgIpc) is 2.44. The Hall–Kier alpha value is -0.870. The molecule has 0 fully saturated rings. The van der Waals surface area contributed by atoms with Crippen molar-refractivity contribution in [3.63, 3.8) is 0 Å². The van der Waals surface area contributed by atoms with Gasteiger partial charge in [0.25, 0.3) is 0 Å². The summed E-state index contributed by atoms with van der Waals surface area (Å²) >= 11 is 0. The number of carboxylic acid groups (broad SMARTS) is 1. The molecule has 22 heavy (non-hydrogen) atoms. The minimum Gasteiger partial charge on any atom is -0.544 e. The van der Waals surface area contributed by atoms with Gasteiger partial charge in [0.1, 0.15) is 18.7 Å². The van der Waals surface area contributed by atoms with E-state index >= 15 is 0 Å². The van der Waals surface area contributed by atoms with Gasteiger partial charge in [0.2, 0.25) is 0 Å². The Kier molecular flexibility index (Phi) is 11.2. The number of nitrogens with zero attached hydrogens (tertiary/aromatic N) is 1. The normalized spacial score (nSPS) is 15.1. The smallest absolute Gasteiger partial charge is 0.129 e. The fourth-order valence-corrected chi connectivity index (χ4v) is 3.43. The molecule has 0 heterocycles. The van der Waals surface area contributed by atoms with Gasteiger partial charge in [-0.05, 0) is 25.7 Å². The molecule has 0 aliphatic heterocycles. The minimum atomic E-state index is -0.988. The van der Waals surface area contributed by atoms with Crippen LogP contribution in [0.2, 0.25) is 0 Å². The number of aliphatic carboxylic acids is 1. The summed E-state index contributed by atoms with van der Waals surface area (Å²) in [6.07, 6.45) is 8.67. The van der Waals surface area contributed by atoms with Crippen molar-refractivity contribution in [2.75, 3.05) is 19.6 Å². The van der Waals surface area contributed by atoms with Crippen LogP contribution in [0.25, 0.3) is 0 Å². The summed E-state index contributed by atoms with van der Waals surface area (Å²) in [4.78, 5) is 11.6. The molecule has 0 saturated carbocycles. The highest BCUT2D eigenvalue weighted by molar-refractivity contribution is 5.69. The van der Waals surface area contributed by atoms with Crippen molar-refractivity contribution in [1.82, 2.24) is 0 Å². The monoisotopic (exact) mass is 313 g/mol. The Morgan fingerprint density at radius 3 is 2.09 bits per heavy atom. The molecule has 2 unspecified atom stereocenters. The molecule has 4 heteroatoms. The van der Waals surface area contributed by atoms with E-state index in [2.05, 4.69) is 26.8 Å². The fourth-order valence-electron chi connectivity index (χ4n) is 3.43. The average molecular weight is 313 g/mol. The topological polar surface area (TPSA) is 60.4 Å². The Morgan fingerprint density at radius 2 is 1.68 bits per heavy atom. The van der Waals surface area contributed by atoms with Crippen LogP contribution in [0, 0.1) is 0 Å². The van der Waals surface area contributed by atoms with Gasteiger partial charge in [0.05, 0.1) is 19.1 Å². The first-order valence-corrected chi connectivity index (χ1v) is 8.87. The predicted molar refractivity (Wildman–Crippen MR) is 89.2 cm³/mol. The van der Waals surface area contributed by atoms with E-state index < -0.39 is 18.1 Å². The number of allylic oxidation sites excluding steroid dienone is 1. The Labute approximate surface area is 136 Å². The van der Waals surface area contributed by atoms with E-state index in [0.717, 1.165) is 38.8 Å². The summed E-state index contributed by atoms with van der Waals surface area (Å²) in [5.41, 5.74) is 0. The second-order valence-corrected chi connectivity index (χ2v) is 6.24. The van der Waals surface area contributed by atoms with Crippen LogP contribution in [0.15, 0.2) is 12.2 Å². The number of aliphatic hydroxyl groups excluding tert-OH is 1. The highest BCUT2D eigenvalue weighted by Gasteiger charge is 2.37. The van der Waals surface area contributed by atoms with Crippen LogP contribution < -0.4 is 5.11 Å². The van der Waals surface area contributed by atoms with E-state index in [-0.39, 0.29) is 0 Å². The van der Waals surface area contributed by atoms with Crippen LogP contribution in [0.1, 0.15) is 66.2 Å². The van der Waals surface area contributed by atoms with E-state index in [1.54, 1.807) is 0 Å². The molecule has 0 aromatic rings. The van der Waals surface area contributed by atoms with Crippen molar-refractivity contribution >= 4 is 5.97 Å². The fraction of sp³-hybridized carbons (Fsp3) is 0.833. The van der Waals surface area contributed by atoms with Gasteiger partial charge in [0.15, 0.2) is 0 Å². The number of carboxylic acids is 1. The maximum atomic E-state index is 11.6. The first-order valence-electron chi connectivity index (χ1n) is 8.87. The zero-order chi connectivity index (χ0) is 17.0. The Morgan fingerprint density at radius 1 is 1.09 bits per heavy atom. The molecule has 2 atom stereocenters. The number of carbonyl (C=O) groups is 1. The van der Waals surface area contributed by atoms with Gasteiger partial charge in [-0.15, -0.1) is 0 Å². The van der Waals surface area contributed by atoms with Crippen molar-refractivity contribution < 1.29 is 19.5 Å². The molecule has 0 rings (SSSR count). The molecule has 4 nitrogen and oxygen atoms in total. The molecular weight excluding hydrogens is 278 g/mol. The lowest BCUT2D eigenvalue weighted by atomic mass is 10.0. The van der Waals surface area contributed by atoms with Crippen molar-refractivity contribution in [2.45, 2.75) is 78.4 Å². The van der Waals surface area contributed by atoms with Gasteiger partial charge in [0, 0.05) is 6.42 Å². The zero-order valence-corrected chi connectivity index (χ0v) is 14.9. The number of rotatable bonds is 13. The number of unbranched alkanes of at least 4 members (excludes halogenated alkanes) is 1. The van der Waals surface area contributed by atoms with Gasteiger partial charge in [-0.3, -0.25) is 0 Å². The molecule has 0 aromatic carbocycles. The number of carbonyl (C=O) groups excluding carboxylic acids is 1. The highest BCUT2D eigenvalue weighted by Crippen LogP contribution is 2.21. The zero-order valence-electron chi connectivity index (χ0n) is 14.9. The quantitative estimate of drug-likeness (QED) is 0.419. The van der Waals surface area contributed by atoms with Crippen LogP contribution >= 0.6 is 0 Å². The van der Waals surface area contributed by atoms with Crippen LogP contribution in [0.4, 0.5) is 0 Å². The third kappa shape index (κ3) is 6.93. The first kappa shape index (κ1) is 21.1. The number of hydrogen-bond donors (Lipinski definition) is 1. The number of aliphatic hydroxyl groups is 1. The third-order valence-electron chi connectivity index (χ3n) is 4.26. The van der Waals surface area contributed by atoms with Crippen LogP contribution in [0.3, 0.4) is 0 Å². The molecule has 0 bridgehead atoms. The minimum absolute atomic E-state index is 0.439. The van der Waals surface area contributed by atoms with Gasteiger partial charge in [-0.2, -0.15) is 0 Å². The molecule has 0 radical (unpaired) electrons.